The van der Waals surface area contributed by atoms with E-state index in [2.05, 4.69) is 5.32 Å². The monoisotopic (exact) mass is 302 g/mol. The van der Waals surface area contributed by atoms with Crippen LogP contribution in [0.2, 0.25) is 0 Å². The number of rotatable bonds is 4. The number of nitrogens with zero attached hydrogens (tertiary/aromatic N) is 1. The molecule has 0 aromatic heterocycles. The van der Waals surface area contributed by atoms with Crippen molar-refractivity contribution >= 4 is 21.6 Å². The standard InChI is InChI=1S/C13H19FN2O3S/c1-13(2,3)16(20(4,18)19)9-12(17)15-11-7-5-6-10(14)8-11/h5-8H,9H2,1-4H3,(H,15,17). The quantitative estimate of drug-likeness (QED) is 0.922. The first-order valence-corrected chi connectivity index (χ1v) is 7.88. The summed E-state index contributed by atoms with van der Waals surface area (Å²) >= 11 is 0. The molecule has 112 valence electrons. The van der Waals surface area contributed by atoms with Gasteiger partial charge in [-0.1, -0.05) is 6.07 Å². The van der Waals surface area contributed by atoms with Gasteiger partial charge in [-0.15, -0.1) is 0 Å². The van der Waals surface area contributed by atoms with Crippen LogP contribution < -0.4 is 5.32 Å². The fraction of sp³-hybridized carbons (Fsp3) is 0.462. The summed E-state index contributed by atoms with van der Waals surface area (Å²) in [4.78, 5) is 11.9. The minimum Gasteiger partial charge on any atom is -0.325 e. The van der Waals surface area contributed by atoms with Gasteiger partial charge in [0.15, 0.2) is 0 Å². The Balaban J connectivity index is 2.83. The van der Waals surface area contributed by atoms with Crippen LogP contribution in [-0.2, 0) is 14.8 Å². The fourth-order valence-corrected chi connectivity index (χ4v) is 3.10. The van der Waals surface area contributed by atoms with Crippen LogP contribution in [0, 0.1) is 5.82 Å². The summed E-state index contributed by atoms with van der Waals surface area (Å²) in [6.45, 7) is 4.77. The number of benzene rings is 1. The van der Waals surface area contributed by atoms with Gasteiger partial charge in [0, 0.05) is 11.2 Å². The molecule has 1 amide bonds. The maximum atomic E-state index is 13.0. The first kappa shape index (κ1) is 16.6. The second kappa shape index (κ2) is 5.88. The van der Waals surface area contributed by atoms with Gasteiger partial charge in [0.25, 0.3) is 0 Å². The summed E-state index contributed by atoms with van der Waals surface area (Å²) in [5, 5.41) is 2.47. The Morgan fingerprint density at radius 3 is 2.40 bits per heavy atom. The van der Waals surface area contributed by atoms with E-state index in [0.717, 1.165) is 10.6 Å². The van der Waals surface area contributed by atoms with Crippen LogP contribution in [0.25, 0.3) is 0 Å². The largest absolute Gasteiger partial charge is 0.325 e. The molecule has 0 saturated carbocycles. The molecule has 0 aliphatic rings. The molecule has 0 spiro atoms. The second-order valence-electron chi connectivity index (χ2n) is 5.50. The highest BCUT2D eigenvalue weighted by molar-refractivity contribution is 7.88. The average molecular weight is 302 g/mol. The van der Waals surface area contributed by atoms with Crippen LogP contribution in [0.3, 0.4) is 0 Å². The molecule has 0 atom stereocenters. The molecular weight excluding hydrogens is 283 g/mol. The molecule has 20 heavy (non-hydrogen) atoms. The van der Waals surface area contributed by atoms with Gasteiger partial charge < -0.3 is 5.32 Å². The number of nitrogens with one attached hydrogen (secondary N) is 1. The molecule has 0 saturated heterocycles. The van der Waals surface area contributed by atoms with Crippen LogP contribution in [0.1, 0.15) is 20.8 Å². The van der Waals surface area contributed by atoms with Crippen molar-refractivity contribution in [3.05, 3.63) is 30.1 Å². The normalized spacial score (nSPS) is 12.5. The SMILES string of the molecule is CC(C)(C)N(CC(=O)Nc1cccc(F)c1)S(C)(=O)=O. The van der Waals surface area contributed by atoms with Crippen LogP contribution in [-0.4, -0.2) is 37.0 Å². The molecule has 0 radical (unpaired) electrons. The Morgan fingerprint density at radius 1 is 1.35 bits per heavy atom. The second-order valence-corrected chi connectivity index (χ2v) is 7.41. The van der Waals surface area contributed by atoms with Crippen molar-refractivity contribution in [3.8, 4) is 0 Å². The van der Waals surface area contributed by atoms with Crippen molar-refractivity contribution in [1.29, 1.82) is 0 Å². The van der Waals surface area contributed by atoms with E-state index < -0.39 is 27.3 Å². The predicted molar refractivity (Wildman–Crippen MR) is 76.3 cm³/mol. The van der Waals surface area contributed by atoms with Gasteiger partial charge in [-0.2, -0.15) is 4.31 Å². The number of hydrogen-bond acceptors (Lipinski definition) is 3. The summed E-state index contributed by atoms with van der Waals surface area (Å²) in [6.07, 6.45) is 1.05. The summed E-state index contributed by atoms with van der Waals surface area (Å²) in [6, 6.07) is 5.42. The molecule has 5 nitrogen and oxygen atoms in total. The molecule has 7 heteroatoms. The summed E-state index contributed by atoms with van der Waals surface area (Å²) in [7, 11) is -3.52. The number of carbonyl (C=O) groups excluding carboxylic acids is 1. The first-order chi connectivity index (χ1) is 9.00. The molecule has 0 fully saturated rings. The van der Waals surface area contributed by atoms with Crippen LogP contribution in [0.15, 0.2) is 24.3 Å². The number of sulfonamides is 1. The lowest BCUT2D eigenvalue weighted by Gasteiger charge is -2.32. The topological polar surface area (TPSA) is 66.5 Å². The van der Waals surface area contributed by atoms with Crippen LogP contribution in [0.5, 0.6) is 0 Å². The van der Waals surface area contributed by atoms with Gasteiger partial charge in [-0.05, 0) is 39.0 Å². The highest BCUT2D eigenvalue weighted by Gasteiger charge is 2.31. The highest BCUT2D eigenvalue weighted by Crippen LogP contribution is 2.17. The summed E-state index contributed by atoms with van der Waals surface area (Å²) < 4.78 is 37.5. The van der Waals surface area contributed by atoms with E-state index in [-0.39, 0.29) is 12.2 Å². The zero-order valence-electron chi connectivity index (χ0n) is 12.0. The molecule has 0 unspecified atom stereocenters. The third-order valence-electron chi connectivity index (χ3n) is 2.54. The van der Waals surface area contributed by atoms with Crippen molar-refractivity contribution in [2.45, 2.75) is 26.3 Å². The molecule has 0 heterocycles. The molecular formula is C13H19FN2O3S. The molecule has 1 aromatic carbocycles. The number of carbonyl (C=O) groups is 1. The van der Waals surface area contributed by atoms with E-state index in [1.165, 1.54) is 24.3 Å². The Hall–Kier alpha value is -1.47. The van der Waals surface area contributed by atoms with E-state index in [4.69, 9.17) is 0 Å². The first-order valence-electron chi connectivity index (χ1n) is 6.03. The summed E-state index contributed by atoms with van der Waals surface area (Å²) in [5.74, 6) is -0.991. The molecule has 1 aromatic rings. The zero-order valence-corrected chi connectivity index (χ0v) is 12.8. The van der Waals surface area contributed by atoms with Crippen molar-refractivity contribution < 1.29 is 17.6 Å². The summed E-state index contributed by atoms with van der Waals surface area (Å²) in [5.41, 5.74) is -0.426. The van der Waals surface area contributed by atoms with E-state index in [0.29, 0.717) is 0 Å². The minimum atomic E-state index is -3.52. The third-order valence-corrected chi connectivity index (χ3v) is 4.02. The van der Waals surface area contributed by atoms with Gasteiger partial charge in [0.2, 0.25) is 15.9 Å². The average Bonchev–Trinajstić information content (AvgIpc) is 2.22. The third kappa shape index (κ3) is 4.90. The van der Waals surface area contributed by atoms with Gasteiger partial charge in [0.05, 0.1) is 12.8 Å². The number of halogens is 1. The maximum Gasteiger partial charge on any atom is 0.239 e. The maximum absolute atomic E-state index is 13.0. The smallest absolute Gasteiger partial charge is 0.239 e. The van der Waals surface area contributed by atoms with Gasteiger partial charge in [0.1, 0.15) is 5.82 Å². The molecule has 0 aliphatic heterocycles. The predicted octanol–water partition coefficient (Wildman–Crippen LogP) is 1.82. The Kier molecular flexibility index (Phi) is 4.88. The number of amides is 1. The van der Waals surface area contributed by atoms with E-state index in [1.807, 2.05) is 0 Å². The lowest BCUT2D eigenvalue weighted by molar-refractivity contribution is -0.117. The lowest BCUT2D eigenvalue weighted by atomic mass is 10.1. The molecule has 1 rings (SSSR count). The van der Waals surface area contributed by atoms with Crippen LogP contribution in [0.4, 0.5) is 10.1 Å². The van der Waals surface area contributed by atoms with Crippen molar-refractivity contribution in [2.24, 2.45) is 0 Å². The number of anilines is 1. The van der Waals surface area contributed by atoms with E-state index in [9.17, 15) is 17.6 Å². The molecule has 0 bridgehead atoms. The van der Waals surface area contributed by atoms with Gasteiger partial charge in [-0.25, -0.2) is 12.8 Å². The molecule has 0 aliphatic carbocycles. The minimum absolute atomic E-state index is 0.289. The lowest BCUT2D eigenvalue weighted by Crippen LogP contribution is -2.48. The highest BCUT2D eigenvalue weighted by atomic mass is 32.2. The van der Waals surface area contributed by atoms with E-state index >= 15 is 0 Å². The Bertz CT molecular complexity index is 594. The zero-order chi connectivity index (χ0) is 15.6. The van der Waals surface area contributed by atoms with Crippen molar-refractivity contribution in [2.75, 3.05) is 18.1 Å². The Morgan fingerprint density at radius 2 is 1.95 bits per heavy atom. The van der Waals surface area contributed by atoms with Crippen LogP contribution >= 0.6 is 0 Å². The Labute approximate surface area is 118 Å². The van der Waals surface area contributed by atoms with E-state index in [1.54, 1.807) is 20.8 Å². The fourth-order valence-electron chi connectivity index (χ4n) is 1.75. The van der Waals surface area contributed by atoms with Crippen molar-refractivity contribution in [3.63, 3.8) is 0 Å². The number of hydrogen-bond donors (Lipinski definition) is 1. The van der Waals surface area contributed by atoms with Gasteiger partial charge >= 0.3 is 0 Å². The molecule has 1 N–H and O–H groups in total. The van der Waals surface area contributed by atoms with Gasteiger partial charge in [-0.3, -0.25) is 4.79 Å². The van der Waals surface area contributed by atoms with Crippen molar-refractivity contribution in [1.82, 2.24) is 4.31 Å².